The van der Waals surface area contributed by atoms with Gasteiger partial charge in [0.15, 0.2) is 0 Å². The zero-order valence-electron chi connectivity index (χ0n) is 14.6. The highest BCUT2D eigenvalue weighted by Gasteiger charge is 2.22. The number of ether oxygens (including phenoxy) is 1. The fourth-order valence-electron chi connectivity index (χ4n) is 2.52. The second kappa shape index (κ2) is 8.75. The van der Waals surface area contributed by atoms with E-state index >= 15 is 0 Å². The smallest absolute Gasteiger partial charge is 0.308 e. The molecule has 26 heavy (non-hydrogen) atoms. The molecule has 0 heterocycles. The van der Waals surface area contributed by atoms with E-state index in [1.165, 1.54) is 18.2 Å². The van der Waals surface area contributed by atoms with Crippen LogP contribution in [0.5, 0.6) is 0 Å². The van der Waals surface area contributed by atoms with Crippen molar-refractivity contribution >= 4 is 17.6 Å². The second-order valence-corrected chi connectivity index (χ2v) is 5.76. The van der Waals surface area contributed by atoms with Crippen LogP contribution in [0.15, 0.2) is 48.5 Å². The van der Waals surface area contributed by atoms with E-state index in [9.17, 15) is 19.7 Å². The lowest BCUT2D eigenvalue weighted by molar-refractivity contribution is -0.384. The predicted molar refractivity (Wildman–Crippen MR) is 95.7 cm³/mol. The van der Waals surface area contributed by atoms with Crippen molar-refractivity contribution in [1.82, 2.24) is 5.32 Å². The number of nitro groups is 1. The Labute approximate surface area is 151 Å². The molecule has 1 atom stereocenters. The lowest BCUT2D eigenvalue weighted by Gasteiger charge is -2.18. The van der Waals surface area contributed by atoms with Crippen molar-refractivity contribution in [3.63, 3.8) is 0 Å². The average Bonchev–Trinajstić information content (AvgIpc) is 2.61. The molecule has 0 aliphatic carbocycles. The summed E-state index contributed by atoms with van der Waals surface area (Å²) in [6.45, 7) is 3.77. The van der Waals surface area contributed by atoms with Crippen LogP contribution in [0.2, 0.25) is 0 Å². The zero-order valence-corrected chi connectivity index (χ0v) is 14.6. The number of nitrogens with zero attached hydrogens (tertiary/aromatic N) is 1. The minimum Gasteiger partial charge on any atom is -0.466 e. The van der Waals surface area contributed by atoms with Crippen LogP contribution in [0.25, 0.3) is 0 Å². The van der Waals surface area contributed by atoms with Crippen LogP contribution in [0, 0.1) is 17.0 Å². The quantitative estimate of drug-likeness (QED) is 0.466. The van der Waals surface area contributed by atoms with Crippen LogP contribution in [-0.4, -0.2) is 23.4 Å². The Bertz CT molecular complexity index is 819. The molecule has 136 valence electrons. The molecule has 0 aliphatic heterocycles. The van der Waals surface area contributed by atoms with Gasteiger partial charge in [-0.05, 0) is 31.5 Å². The van der Waals surface area contributed by atoms with E-state index in [1.54, 1.807) is 31.2 Å². The highest BCUT2D eigenvalue weighted by atomic mass is 16.6. The van der Waals surface area contributed by atoms with Crippen LogP contribution in [0.4, 0.5) is 5.69 Å². The molecule has 1 N–H and O–H groups in total. The van der Waals surface area contributed by atoms with Gasteiger partial charge in [-0.25, -0.2) is 0 Å². The molecule has 0 spiro atoms. The van der Waals surface area contributed by atoms with Crippen molar-refractivity contribution < 1.29 is 19.2 Å². The number of carbonyl (C=O) groups excluding carboxylic acids is 2. The molecular weight excluding hydrogens is 336 g/mol. The maximum Gasteiger partial charge on any atom is 0.308 e. The van der Waals surface area contributed by atoms with Gasteiger partial charge < -0.3 is 10.1 Å². The van der Waals surface area contributed by atoms with Gasteiger partial charge in [0.05, 0.1) is 24.0 Å². The van der Waals surface area contributed by atoms with Gasteiger partial charge >= 0.3 is 5.97 Å². The highest BCUT2D eigenvalue weighted by Crippen LogP contribution is 2.23. The van der Waals surface area contributed by atoms with Crippen LogP contribution in [0.3, 0.4) is 0 Å². The summed E-state index contributed by atoms with van der Waals surface area (Å²) in [7, 11) is 0. The molecule has 2 aromatic rings. The van der Waals surface area contributed by atoms with E-state index in [0.29, 0.717) is 11.1 Å². The van der Waals surface area contributed by atoms with Gasteiger partial charge in [-0.15, -0.1) is 0 Å². The number of amides is 1. The summed E-state index contributed by atoms with van der Waals surface area (Å²) in [5, 5.41) is 13.8. The Morgan fingerprint density at radius 3 is 2.58 bits per heavy atom. The number of rotatable bonds is 7. The number of nitro benzene ring substituents is 1. The molecule has 0 saturated heterocycles. The number of esters is 1. The summed E-state index contributed by atoms with van der Waals surface area (Å²) >= 11 is 0. The monoisotopic (exact) mass is 356 g/mol. The van der Waals surface area contributed by atoms with E-state index in [0.717, 1.165) is 5.56 Å². The lowest BCUT2D eigenvalue weighted by Crippen LogP contribution is -2.30. The summed E-state index contributed by atoms with van der Waals surface area (Å²) < 4.78 is 4.95. The minimum absolute atomic E-state index is 0.110. The summed E-state index contributed by atoms with van der Waals surface area (Å²) in [5.74, 6) is -0.858. The molecule has 0 bridgehead atoms. The standard InChI is InChI=1S/C19H20N2O5/c1-3-26-18(22)12-17(14-7-5-9-16(11-14)21(24)25)20-19(23)15-8-4-6-13(2)10-15/h4-11,17H,3,12H2,1-2H3,(H,20,23). The maximum absolute atomic E-state index is 12.5. The molecule has 2 rings (SSSR count). The Hall–Kier alpha value is -3.22. The fourth-order valence-corrected chi connectivity index (χ4v) is 2.52. The van der Waals surface area contributed by atoms with Crippen molar-refractivity contribution in [1.29, 1.82) is 0 Å². The van der Waals surface area contributed by atoms with Gasteiger partial charge in [-0.3, -0.25) is 19.7 Å². The number of aryl methyl sites for hydroxylation is 1. The molecule has 0 aromatic heterocycles. The average molecular weight is 356 g/mol. The zero-order chi connectivity index (χ0) is 19.1. The molecule has 0 saturated carbocycles. The summed E-state index contributed by atoms with van der Waals surface area (Å²) in [4.78, 5) is 34.9. The van der Waals surface area contributed by atoms with E-state index < -0.39 is 16.9 Å². The molecule has 2 aromatic carbocycles. The van der Waals surface area contributed by atoms with Crippen LogP contribution in [0.1, 0.15) is 40.9 Å². The first kappa shape index (κ1) is 19.1. The van der Waals surface area contributed by atoms with E-state index in [4.69, 9.17) is 4.74 Å². The predicted octanol–water partition coefficient (Wildman–Crippen LogP) is 3.33. The lowest BCUT2D eigenvalue weighted by atomic mass is 10.0. The number of hydrogen-bond acceptors (Lipinski definition) is 5. The number of carbonyl (C=O) groups is 2. The van der Waals surface area contributed by atoms with E-state index in [1.807, 2.05) is 13.0 Å². The highest BCUT2D eigenvalue weighted by molar-refractivity contribution is 5.94. The van der Waals surface area contributed by atoms with Gasteiger partial charge in [0.1, 0.15) is 0 Å². The topological polar surface area (TPSA) is 98.5 Å². The molecule has 1 amide bonds. The van der Waals surface area contributed by atoms with Crippen molar-refractivity contribution in [3.05, 3.63) is 75.3 Å². The Kier molecular flexibility index (Phi) is 6.43. The summed E-state index contributed by atoms with van der Waals surface area (Å²) in [6, 6.07) is 12.1. The van der Waals surface area contributed by atoms with E-state index in [-0.39, 0.29) is 24.6 Å². The SMILES string of the molecule is CCOC(=O)CC(NC(=O)c1cccc(C)c1)c1cccc([N+](=O)[O-])c1. The molecule has 7 nitrogen and oxygen atoms in total. The fraction of sp³-hybridized carbons (Fsp3) is 0.263. The third kappa shape index (κ3) is 5.14. The van der Waals surface area contributed by atoms with Crippen molar-refractivity contribution in [2.24, 2.45) is 0 Å². The van der Waals surface area contributed by atoms with Gasteiger partial charge in [-0.1, -0.05) is 29.8 Å². The maximum atomic E-state index is 12.5. The third-order valence-corrected chi connectivity index (χ3v) is 3.75. The minimum atomic E-state index is -0.734. The Morgan fingerprint density at radius 1 is 1.19 bits per heavy atom. The van der Waals surface area contributed by atoms with Crippen LogP contribution >= 0.6 is 0 Å². The van der Waals surface area contributed by atoms with Crippen LogP contribution < -0.4 is 5.32 Å². The van der Waals surface area contributed by atoms with Gasteiger partial charge in [0, 0.05) is 17.7 Å². The number of non-ortho nitro benzene ring substituents is 1. The second-order valence-electron chi connectivity index (χ2n) is 5.76. The Balaban J connectivity index is 2.28. The molecule has 0 aliphatic rings. The Morgan fingerprint density at radius 2 is 1.92 bits per heavy atom. The third-order valence-electron chi connectivity index (χ3n) is 3.75. The van der Waals surface area contributed by atoms with Gasteiger partial charge in [0.25, 0.3) is 11.6 Å². The summed E-state index contributed by atoms with van der Waals surface area (Å²) in [6.07, 6.45) is -0.118. The first-order valence-electron chi connectivity index (χ1n) is 8.18. The largest absolute Gasteiger partial charge is 0.466 e. The number of benzene rings is 2. The van der Waals surface area contributed by atoms with Crippen molar-refractivity contribution in [2.75, 3.05) is 6.61 Å². The van der Waals surface area contributed by atoms with Gasteiger partial charge in [0.2, 0.25) is 0 Å². The molecular formula is C19H20N2O5. The molecule has 0 fully saturated rings. The molecule has 1 unspecified atom stereocenters. The summed E-state index contributed by atoms with van der Waals surface area (Å²) in [5.41, 5.74) is 1.73. The van der Waals surface area contributed by atoms with Gasteiger partial charge in [-0.2, -0.15) is 0 Å². The van der Waals surface area contributed by atoms with Crippen LogP contribution in [-0.2, 0) is 9.53 Å². The first-order chi connectivity index (χ1) is 12.4. The number of hydrogen-bond donors (Lipinski definition) is 1. The van der Waals surface area contributed by atoms with Crippen molar-refractivity contribution in [3.8, 4) is 0 Å². The first-order valence-corrected chi connectivity index (χ1v) is 8.18. The molecule has 7 heteroatoms. The van der Waals surface area contributed by atoms with E-state index in [2.05, 4.69) is 5.32 Å². The number of nitrogens with one attached hydrogen (secondary N) is 1. The molecule has 0 radical (unpaired) electrons. The normalized spacial score (nSPS) is 11.5. The van der Waals surface area contributed by atoms with Crippen molar-refractivity contribution in [2.45, 2.75) is 26.3 Å².